The lowest BCUT2D eigenvalue weighted by Gasteiger charge is -2.12. The van der Waals surface area contributed by atoms with Crippen molar-refractivity contribution in [1.82, 2.24) is 0 Å². The van der Waals surface area contributed by atoms with Crippen molar-refractivity contribution in [3.05, 3.63) is 63.2 Å². The van der Waals surface area contributed by atoms with E-state index >= 15 is 0 Å². The summed E-state index contributed by atoms with van der Waals surface area (Å²) < 4.78 is 53.0. The molecule has 0 atom stereocenters. The van der Waals surface area contributed by atoms with Gasteiger partial charge in [-0.3, -0.25) is 10.1 Å². The van der Waals surface area contributed by atoms with Crippen LogP contribution in [0, 0.1) is 10.1 Å². The van der Waals surface area contributed by atoms with Gasteiger partial charge in [0.2, 0.25) is 0 Å². The average molecular weight is 399 g/mol. The van der Waals surface area contributed by atoms with Crippen molar-refractivity contribution < 1.29 is 37.1 Å². The van der Waals surface area contributed by atoms with E-state index in [2.05, 4.69) is 0 Å². The van der Waals surface area contributed by atoms with Gasteiger partial charge in [0.25, 0.3) is 5.69 Å². The lowest BCUT2D eigenvalue weighted by molar-refractivity contribution is -0.385. The number of carbonyl (C=O) groups is 1. The Morgan fingerprint density at radius 3 is 2.29 bits per heavy atom. The zero-order valence-electron chi connectivity index (χ0n) is 14.9. The number of esters is 1. The standard InChI is InChI=1S/C18H16F3NO6/c1-3-27-16-9-14(22(24)25)13(8-15(16)26-2)17(23)28-10-11-4-6-12(7-5-11)18(19,20)21/h4-9H,3,10H2,1-2H3. The van der Waals surface area contributed by atoms with E-state index < -0.39 is 28.3 Å². The minimum absolute atomic E-state index is 0.0935. The molecule has 2 aromatic rings. The summed E-state index contributed by atoms with van der Waals surface area (Å²) in [6.07, 6.45) is -4.48. The molecule has 0 radical (unpaired) electrons. The number of hydrogen-bond donors (Lipinski definition) is 0. The Labute approximate surface area is 157 Å². The molecule has 0 aliphatic rings. The Morgan fingerprint density at radius 2 is 1.79 bits per heavy atom. The van der Waals surface area contributed by atoms with Crippen LogP contribution < -0.4 is 9.47 Å². The van der Waals surface area contributed by atoms with Crippen molar-refractivity contribution in [2.75, 3.05) is 13.7 Å². The van der Waals surface area contributed by atoms with Crippen LogP contribution in [0.3, 0.4) is 0 Å². The normalized spacial score (nSPS) is 11.0. The van der Waals surface area contributed by atoms with E-state index in [0.29, 0.717) is 5.56 Å². The molecular formula is C18H16F3NO6. The van der Waals surface area contributed by atoms with Crippen molar-refractivity contribution >= 4 is 11.7 Å². The molecule has 0 aliphatic heterocycles. The number of methoxy groups -OCH3 is 1. The Morgan fingerprint density at radius 1 is 1.14 bits per heavy atom. The van der Waals surface area contributed by atoms with Gasteiger partial charge in [0.05, 0.1) is 30.3 Å². The first kappa shape index (κ1) is 21.0. The van der Waals surface area contributed by atoms with Crippen LogP contribution >= 0.6 is 0 Å². The number of carbonyl (C=O) groups excluding carboxylic acids is 1. The summed E-state index contributed by atoms with van der Waals surface area (Å²) in [5.74, 6) is -0.821. The second kappa shape index (κ2) is 8.59. The van der Waals surface area contributed by atoms with Gasteiger partial charge in [-0.1, -0.05) is 12.1 Å². The first-order chi connectivity index (χ1) is 13.2. The minimum atomic E-state index is -4.48. The van der Waals surface area contributed by atoms with Crippen molar-refractivity contribution in [1.29, 1.82) is 0 Å². The van der Waals surface area contributed by atoms with Crippen LogP contribution in [0.2, 0.25) is 0 Å². The molecule has 150 valence electrons. The minimum Gasteiger partial charge on any atom is -0.493 e. The summed E-state index contributed by atoms with van der Waals surface area (Å²) in [4.78, 5) is 22.8. The number of nitro groups is 1. The Bertz CT molecular complexity index is 865. The van der Waals surface area contributed by atoms with Crippen LogP contribution in [-0.4, -0.2) is 24.6 Å². The van der Waals surface area contributed by atoms with E-state index in [0.717, 1.165) is 36.4 Å². The summed E-state index contributed by atoms with van der Waals surface area (Å²) in [6, 6.07) is 6.19. The second-order valence-corrected chi connectivity index (χ2v) is 5.48. The number of halogens is 3. The van der Waals surface area contributed by atoms with E-state index in [9.17, 15) is 28.1 Å². The molecule has 0 fully saturated rings. The average Bonchev–Trinajstić information content (AvgIpc) is 2.65. The van der Waals surface area contributed by atoms with Crippen LogP contribution in [0.25, 0.3) is 0 Å². The van der Waals surface area contributed by atoms with Crippen molar-refractivity contribution in [2.24, 2.45) is 0 Å². The van der Waals surface area contributed by atoms with Gasteiger partial charge in [-0.15, -0.1) is 0 Å². The predicted octanol–water partition coefficient (Wildman–Crippen LogP) is 4.38. The topological polar surface area (TPSA) is 87.9 Å². The number of nitrogens with zero attached hydrogens (tertiary/aromatic N) is 1. The molecule has 0 aromatic heterocycles. The maximum absolute atomic E-state index is 12.6. The highest BCUT2D eigenvalue weighted by Crippen LogP contribution is 2.35. The fourth-order valence-electron chi connectivity index (χ4n) is 2.31. The summed E-state index contributed by atoms with van der Waals surface area (Å²) in [7, 11) is 1.31. The fourth-order valence-corrected chi connectivity index (χ4v) is 2.31. The van der Waals surface area contributed by atoms with E-state index in [4.69, 9.17) is 14.2 Å². The SMILES string of the molecule is CCOc1cc([N+](=O)[O-])c(C(=O)OCc2ccc(C(F)(F)F)cc2)cc1OC. The van der Waals surface area contributed by atoms with Gasteiger partial charge in [-0.2, -0.15) is 13.2 Å². The molecule has 28 heavy (non-hydrogen) atoms. The molecule has 2 rings (SSSR count). The third kappa shape index (κ3) is 4.90. The Balaban J connectivity index is 2.22. The number of alkyl halides is 3. The van der Waals surface area contributed by atoms with Gasteiger partial charge < -0.3 is 14.2 Å². The molecule has 0 heterocycles. The number of ether oxygens (including phenoxy) is 3. The molecule has 10 heteroatoms. The zero-order chi connectivity index (χ0) is 20.9. The monoisotopic (exact) mass is 399 g/mol. The van der Waals surface area contributed by atoms with Gasteiger partial charge in [0, 0.05) is 6.07 Å². The number of nitro benzene ring substituents is 1. The molecule has 0 aliphatic carbocycles. The Kier molecular flexibility index (Phi) is 6.45. The van der Waals surface area contributed by atoms with Crippen LogP contribution in [-0.2, 0) is 17.5 Å². The van der Waals surface area contributed by atoms with Gasteiger partial charge in [0.1, 0.15) is 12.2 Å². The van der Waals surface area contributed by atoms with Gasteiger partial charge in [0.15, 0.2) is 11.5 Å². The van der Waals surface area contributed by atoms with Gasteiger partial charge in [-0.05, 0) is 24.6 Å². The third-order valence-electron chi connectivity index (χ3n) is 3.65. The smallest absolute Gasteiger partial charge is 0.416 e. The zero-order valence-corrected chi connectivity index (χ0v) is 14.9. The quantitative estimate of drug-likeness (QED) is 0.390. The molecule has 2 aromatic carbocycles. The van der Waals surface area contributed by atoms with E-state index in [-0.39, 0.29) is 30.3 Å². The molecule has 0 unspecified atom stereocenters. The molecule has 0 amide bonds. The van der Waals surface area contributed by atoms with Crippen LogP contribution in [0.5, 0.6) is 11.5 Å². The number of benzene rings is 2. The highest BCUT2D eigenvalue weighted by Gasteiger charge is 2.30. The fraction of sp³-hybridized carbons (Fsp3) is 0.278. The summed E-state index contributed by atoms with van der Waals surface area (Å²) in [6.45, 7) is 1.55. The van der Waals surface area contributed by atoms with Crippen molar-refractivity contribution in [3.63, 3.8) is 0 Å². The first-order valence-electron chi connectivity index (χ1n) is 7.99. The molecular weight excluding hydrogens is 383 g/mol. The summed E-state index contributed by atoms with van der Waals surface area (Å²) >= 11 is 0. The lowest BCUT2D eigenvalue weighted by Crippen LogP contribution is -2.10. The van der Waals surface area contributed by atoms with Crippen molar-refractivity contribution in [2.45, 2.75) is 19.7 Å². The van der Waals surface area contributed by atoms with Crippen molar-refractivity contribution in [3.8, 4) is 11.5 Å². The van der Waals surface area contributed by atoms with Gasteiger partial charge >= 0.3 is 12.1 Å². The highest BCUT2D eigenvalue weighted by atomic mass is 19.4. The molecule has 0 N–H and O–H groups in total. The van der Waals surface area contributed by atoms with Crippen LogP contribution in [0.1, 0.15) is 28.4 Å². The van der Waals surface area contributed by atoms with E-state index in [1.807, 2.05) is 0 Å². The predicted molar refractivity (Wildman–Crippen MR) is 91.4 cm³/mol. The Hall–Kier alpha value is -3.30. The maximum Gasteiger partial charge on any atom is 0.416 e. The molecule has 0 bridgehead atoms. The molecule has 0 saturated heterocycles. The third-order valence-corrected chi connectivity index (χ3v) is 3.65. The summed E-state index contributed by atoms with van der Waals surface area (Å²) in [5.41, 5.74) is -1.45. The largest absolute Gasteiger partial charge is 0.493 e. The second-order valence-electron chi connectivity index (χ2n) is 5.48. The lowest BCUT2D eigenvalue weighted by atomic mass is 10.1. The molecule has 0 spiro atoms. The van der Waals surface area contributed by atoms with Crippen LogP contribution in [0.15, 0.2) is 36.4 Å². The first-order valence-corrected chi connectivity index (χ1v) is 7.99. The highest BCUT2D eigenvalue weighted by molar-refractivity contribution is 5.95. The molecule has 0 saturated carbocycles. The summed E-state index contributed by atoms with van der Waals surface area (Å²) in [5, 5.41) is 11.3. The van der Waals surface area contributed by atoms with E-state index in [1.165, 1.54) is 7.11 Å². The van der Waals surface area contributed by atoms with Gasteiger partial charge in [-0.25, -0.2) is 4.79 Å². The molecule has 7 nitrogen and oxygen atoms in total. The number of hydrogen-bond acceptors (Lipinski definition) is 6. The van der Waals surface area contributed by atoms with E-state index in [1.54, 1.807) is 6.92 Å². The van der Waals surface area contributed by atoms with Crippen LogP contribution in [0.4, 0.5) is 18.9 Å². The number of rotatable bonds is 7. The maximum atomic E-state index is 12.6.